The number of hydrogen-bond donors (Lipinski definition) is 0. The first-order valence-corrected chi connectivity index (χ1v) is 12.9. The van der Waals surface area contributed by atoms with Crippen LogP contribution in [0, 0.1) is 5.41 Å². The van der Waals surface area contributed by atoms with Crippen molar-refractivity contribution in [3.8, 4) is 11.5 Å². The molecule has 0 radical (unpaired) electrons. The van der Waals surface area contributed by atoms with Gasteiger partial charge < -0.3 is 23.7 Å². The van der Waals surface area contributed by atoms with Crippen molar-refractivity contribution in [3.63, 3.8) is 0 Å². The molecule has 2 aromatic carbocycles. The largest absolute Gasteiger partial charge is 0.493 e. The van der Waals surface area contributed by atoms with Crippen molar-refractivity contribution in [1.82, 2.24) is 4.90 Å². The quantitative estimate of drug-likeness (QED) is 0.421. The molecule has 0 aromatic heterocycles. The summed E-state index contributed by atoms with van der Waals surface area (Å²) in [6.07, 6.45) is 0.769. The van der Waals surface area contributed by atoms with Crippen LogP contribution < -0.4 is 9.47 Å². The lowest BCUT2D eigenvalue weighted by Gasteiger charge is -2.39. The Bertz CT molecular complexity index is 1340. The molecule has 0 spiro atoms. The van der Waals surface area contributed by atoms with Gasteiger partial charge in [-0.25, -0.2) is 0 Å². The maximum Gasteiger partial charge on any atom is 0.326 e. The van der Waals surface area contributed by atoms with Gasteiger partial charge in [-0.2, -0.15) is 0 Å². The number of benzene rings is 2. The lowest BCUT2D eigenvalue weighted by molar-refractivity contribution is -0.182. The van der Waals surface area contributed by atoms with E-state index in [0.717, 1.165) is 11.1 Å². The van der Waals surface area contributed by atoms with E-state index in [1.54, 1.807) is 35.0 Å². The molecule has 0 bridgehead atoms. The summed E-state index contributed by atoms with van der Waals surface area (Å²) in [5.41, 5.74) is -0.494. The maximum absolute atomic E-state index is 14.3. The number of rotatable bonds is 5. The van der Waals surface area contributed by atoms with Crippen LogP contribution in [0.4, 0.5) is 0 Å². The summed E-state index contributed by atoms with van der Waals surface area (Å²) < 4.78 is 28.8. The first-order chi connectivity index (χ1) is 18.6. The minimum atomic E-state index is -1.99. The van der Waals surface area contributed by atoms with E-state index in [1.807, 2.05) is 47.4 Å². The van der Waals surface area contributed by atoms with E-state index >= 15 is 0 Å². The van der Waals surface area contributed by atoms with Crippen molar-refractivity contribution in [2.75, 3.05) is 27.9 Å². The molecule has 0 aliphatic carbocycles. The van der Waals surface area contributed by atoms with Crippen molar-refractivity contribution >= 4 is 23.5 Å². The van der Waals surface area contributed by atoms with E-state index in [4.69, 9.17) is 23.7 Å². The highest BCUT2D eigenvalue weighted by Crippen LogP contribution is 2.57. The highest BCUT2D eigenvalue weighted by Gasteiger charge is 2.74. The molecule has 1 saturated heterocycles. The molecule has 2 aromatic rings. The van der Waals surface area contributed by atoms with E-state index in [1.165, 1.54) is 13.2 Å². The number of fused-ring (bicyclic) bond motifs is 5. The third-order valence-corrected chi connectivity index (χ3v) is 7.60. The zero-order valence-corrected chi connectivity index (χ0v) is 23.0. The van der Waals surface area contributed by atoms with Crippen molar-refractivity contribution < 1.29 is 38.1 Å². The summed E-state index contributed by atoms with van der Waals surface area (Å²) in [5.74, 6) is -0.702. The minimum Gasteiger partial charge on any atom is -0.493 e. The van der Waals surface area contributed by atoms with Gasteiger partial charge in [-0.05, 0) is 50.5 Å². The second kappa shape index (κ2) is 9.72. The van der Waals surface area contributed by atoms with E-state index < -0.39 is 46.9 Å². The molecule has 0 N–H and O–H groups in total. The van der Waals surface area contributed by atoms with E-state index in [2.05, 4.69) is 0 Å². The maximum atomic E-state index is 14.3. The molecule has 5 rings (SSSR count). The fourth-order valence-electron chi connectivity index (χ4n) is 6.01. The zero-order valence-electron chi connectivity index (χ0n) is 23.0. The Hall–Kier alpha value is -3.85. The number of esters is 2. The van der Waals surface area contributed by atoms with Crippen molar-refractivity contribution in [3.05, 3.63) is 65.2 Å². The molecule has 1 fully saturated rings. The van der Waals surface area contributed by atoms with Gasteiger partial charge in [-0.15, -0.1) is 0 Å². The van der Waals surface area contributed by atoms with Crippen LogP contribution in [0.15, 0.2) is 48.5 Å². The molecule has 9 heteroatoms. The predicted molar refractivity (Wildman–Crippen MR) is 141 cm³/mol. The highest BCUT2D eigenvalue weighted by atomic mass is 16.6. The molecule has 0 amide bonds. The van der Waals surface area contributed by atoms with Gasteiger partial charge in [-0.3, -0.25) is 19.3 Å². The Balaban J connectivity index is 1.77. The number of carbonyl (C=O) groups is 3. The first-order valence-electron chi connectivity index (χ1n) is 12.9. The first kappa shape index (κ1) is 26.7. The molecule has 3 aliphatic heterocycles. The fourth-order valence-corrected chi connectivity index (χ4v) is 6.01. The highest BCUT2D eigenvalue weighted by molar-refractivity contribution is 6.17. The smallest absolute Gasteiger partial charge is 0.326 e. The van der Waals surface area contributed by atoms with Gasteiger partial charge in [0.1, 0.15) is 23.5 Å². The number of ketones is 1. The number of hydrogen-bond acceptors (Lipinski definition) is 9. The molecule has 39 heavy (non-hydrogen) atoms. The second-order valence-corrected chi connectivity index (χ2v) is 10.9. The minimum absolute atomic E-state index is 0.322. The molecule has 3 aliphatic rings. The third kappa shape index (κ3) is 4.16. The van der Waals surface area contributed by atoms with Gasteiger partial charge in [0.05, 0.1) is 27.4 Å². The summed E-state index contributed by atoms with van der Waals surface area (Å²) in [6, 6.07) is 11.0. The van der Waals surface area contributed by atoms with Crippen LogP contribution >= 0.6 is 0 Å². The predicted octanol–water partition coefficient (Wildman–Crippen LogP) is 3.50. The number of carbonyl (C=O) groups excluding carboxylic acids is 3. The summed E-state index contributed by atoms with van der Waals surface area (Å²) in [5, 5.41) is 0. The van der Waals surface area contributed by atoms with Crippen LogP contribution in [0.3, 0.4) is 0 Å². The van der Waals surface area contributed by atoms with Gasteiger partial charge >= 0.3 is 11.9 Å². The molecule has 206 valence electrons. The van der Waals surface area contributed by atoms with Crippen LogP contribution in [0.1, 0.15) is 43.5 Å². The van der Waals surface area contributed by atoms with Gasteiger partial charge in [0.25, 0.3) is 0 Å². The number of methoxy groups -OCH3 is 3. The second-order valence-electron chi connectivity index (χ2n) is 10.9. The zero-order chi connectivity index (χ0) is 28.1. The molecular weight excluding hydrogens is 502 g/mol. The van der Waals surface area contributed by atoms with Crippen LogP contribution in [-0.4, -0.2) is 68.2 Å². The lowest BCUT2D eigenvalue weighted by atomic mass is 9.70. The normalized spacial score (nSPS) is 25.8. The molecule has 0 saturated carbocycles. The van der Waals surface area contributed by atoms with E-state index in [0.29, 0.717) is 35.8 Å². The summed E-state index contributed by atoms with van der Waals surface area (Å²) >= 11 is 0. The Labute approximate surface area is 227 Å². The summed E-state index contributed by atoms with van der Waals surface area (Å²) in [4.78, 5) is 43.8. The number of nitrogens with zero attached hydrogens (tertiary/aromatic N) is 1. The molecule has 0 unspecified atom stereocenters. The van der Waals surface area contributed by atoms with Crippen molar-refractivity contribution in [1.29, 1.82) is 0 Å². The lowest BCUT2D eigenvalue weighted by Crippen LogP contribution is -2.60. The SMILES string of the molecule is COC(=O)[C@@H]1N2CCc3cc(OC)c(OC)cc3[C@H]2[C@H]2OC(c3ccccc3)=CC(=O)[C@]21C(=O)OC(C)(C)C. The number of ether oxygens (including phenoxy) is 5. The molecule has 4 atom stereocenters. The molecule has 9 nitrogen and oxygen atoms in total. The number of allylic oxidation sites excluding steroid dienone is 1. The Kier molecular flexibility index (Phi) is 6.66. The van der Waals surface area contributed by atoms with Crippen LogP contribution in [-0.2, 0) is 35.0 Å². The Morgan fingerprint density at radius 2 is 1.69 bits per heavy atom. The monoisotopic (exact) mass is 535 g/mol. The van der Waals surface area contributed by atoms with E-state index in [-0.39, 0.29) is 0 Å². The van der Waals surface area contributed by atoms with Gasteiger partial charge in [0.15, 0.2) is 22.7 Å². The molecular formula is C30H33NO8. The average molecular weight is 536 g/mol. The topological polar surface area (TPSA) is 101 Å². The standard InChI is InChI=1S/C30H33NO8/c1-29(2,3)39-28(34)30-23(32)16-20(17-10-8-7-9-11-17)38-26(30)24-19-15-22(36-5)21(35-4)14-18(19)12-13-31(24)25(30)27(33)37-6/h7-11,14-16,24-26H,12-13H2,1-6H3/t24-,25-,26+,30+/m0/s1. The van der Waals surface area contributed by atoms with Crippen LogP contribution in [0.25, 0.3) is 5.76 Å². The third-order valence-electron chi connectivity index (χ3n) is 7.60. The van der Waals surface area contributed by atoms with Crippen molar-refractivity contribution in [2.45, 2.75) is 51.0 Å². The van der Waals surface area contributed by atoms with Gasteiger partial charge in [0.2, 0.25) is 0 Å². The average Bonchev–Trinajstić information content (AvgIpc) is 3.23. The van der Waals surface area contributed by atoms with Crippen LogP contribution in [0.5, 0.6) is 11.5 Å². The van der Waals surface area contributed by atoms with E-state index in [9.17, 15) is 14.4 Å². The Morgan fingerprint density at radius 3 is 2.31 bits per heavy atom. The summed E-state index contributed by atoms with van der Waals surface area (Å²) in [7, 11) is 4.35. The summed E-state index contributed by atoms with van der Waals surface area (Å²) in [6.45, 7) is 5.54. The molecule has 3 heterocycles. The van der Waals surface area contributed by atoms with Crippen LogP contribution in [0.2, 0.25) is 0 Å². The van der Waals surface area contributed by atoms with Crippen molar-refractivity contribution in [2.24, 2.45) is 5.41 Å². The van der Waals surface area contributed by atoms with Gasteiger partial charge in [0, 0.05) is 18.2 Å². The Morgan fingerprint density at radius 1 is 1.03 bits per heavy atom. The van der Waals surface area contributed by atoms with Gasteiger partial charge in [-0.1, -0.05) is 30.3 Å². The fraction of sp³-hybridized carbons (Fsp3) is 0.433.